The summed E-state index contributed by atoms with van der Waals surface area (Å²) in [5.41, 5.74) is 26.7. The first-order valence-electron chi connectivity index (χ1n) is 25.9. The quantitative estimate of drug-likeness (QED) is 0.171. The molecular formula is C72H44N2. The zero-order valence-electron chi connectivity index (χ0n) is 40.3. The van der Waals surface area contributed by atoms with E-state index in [1.165, 1.54) is 127 Å². The van der Waals surface area contributed by atoms with Crippen molar-refractivity contribution in [2.75, 3.05) is 4.90 Å². The highest BCUT2D eigenvalue weighted by atomic mass is 15.1. The van der Waals surface area contributed by atoms with Crippen LogP contribution in [0, 0.1) is 0 Å². The molecule has 17 rings (SSSR count). The van der Waals surface area contributed by atoms with Crippen LogP contribution in [-0.2, 0) is 10.8 Å². The van der Waals surface area contributed by atoms with Crippen molar-refractivity contribution in [1.29, 1.82) is 0 Å². The molecule has 1 unspecified atom stereocenters. The Morgan fingerprint density at radius 1 is 0.284 bits per heavy atom. The zero-order chi connectivity index (χ0) is 48.3. The summed E-state index contributed by atoms with van der Waals surface area (Å²) in [5, 5.41) is 5.01. The molecule has 0 saturated heterocycles. The fraction of sp³-hybridized carbons (Fsp3) is 0.0278. The average Bonchev–Trinajstić information content (AvgIpc) is 4.17. The normalized spacial score (nSPS) is 15.5. The number of hydrogen-bond donors (Lipinski definition) is 0. The van der Waals surface area contributed by atoms with Gasteiger partial charge in [0, 0.05) is 27.5 Å². The van der Waals surface area contributed by atoms with Gasteiger partial charge in [-0.25, -0.2) is 0 Å². The summed E-state index contributed by atoms with van der Waals surface area (Å²) in [6.45, 7) is 0. The second kappa shape index (κ2) is 14.6. The molecule has 2 heteroatoms. The van der Waals surface area contributed by atoms with Gasteiger partial charge in [0.1, 0.15) is 0 Å². The molecule has 74 heavy (non-hydrogen) atoms. The number of anilines is 3. The van der Waals surface area contributed by atoms with E-state index in [9.17, 15) is 0 Å². The first-order valence-corrected chi connectivity index (χ1v) is 25.9. The molecule has 0 bridgehead atoms. The number of fused-ring (bicyclic) bond motifs is 24. The van der Waals surface area contributed by atoms with Crippen molar-refractivity contribution in [2.45, 2.75) is 10.8 Å². The maximum atomic E-state index is 2.59. The van der Waals surface area contributed by atoms with E-state index in [1.807, 2.05) is 0 Å². The molecule has 0 N–H and O–H groups in total. The van der Waals surface area contributed by atoms with Crippen LogP contribution in [-0.4, -0.2) is 4.57 Å². The molecule has 342 valence electrons. The minimum absolute atomic E-state index is 0.526. The summed E-state index contributed by atoms with van der Waals surface area (Å²) in [4.78, 5) is 2.59. The van der Waals surface area contributed by atoms with Crippen LogP contribution < -0.4 is 4.90 Å². The van der Waals surface area contributed by atoms with E-state index < -0.39 is 10.8 Å². The zero-order valence-corrected chi connectivity index (χ0v) is 40.3. The third-order valence-electron chi connectivity index (χ3n) is 17.4. The maximum absolute atomic E-state index is 2.59. The van der Waals surface area contributed by atoms with Gasteiger partial charge >= 0.3 is 0 Å². The molecule has 1 aromatic heterocycles. The summed E-state index contributed by atoms with van der Waals surface area (Å²) in [7, 11) is 0. The maximum Gasteiger partial charge on any atom is 0.0755 e. The Kier molecular flexibility index (Phi) is 7.90. The molecule has 0 saturated carbocycles. The van der Waals surface area contributed by atoms with E-state index in [0.29, 0.717) is 0 Å². The van der Waals surface area contributed by atoms with Crippen molar-refractivity contribution in [1.82, 2.24) is 4.57 Å². The molecule has 2 spiro atoms. The Balaban J connectivity index is 0.998. The van der Waals surface area contributed by atoms with Crippen LogP contribution in [0.15, 0.2) is 267 Å². The summed E-state index contributed by atoms with van der Waals surface area (Å²) in [6.07, 6.45) is 0. The Bertz CT molecular complexity index is 4530. The SMILES string of the molecule is c1ccc(-c2cccc(N(c3ccc4c(c3)C3(c5ccccc5-4)c4ccccc4-n4c5ccccc5c5cccc3c54)c3cc4c(c5ccccc35)-c3ccccc3C43c4ccccc4-c4ccccc43)c2)cc1. The van der Waals surface area contributed by atoms with Crippen molar-refractivity contribution in [3.63, 3.8) is 0 Å². The van der Waals surface area contributed by atoms with Crippen LogP contribution in [0.4, 0.5) is 17.1 Å². The molecule has 13 aromatic rings. The molecule has 3 aliphatic carbocycles. The van der Waals surface area contributed by atoms with E-state index in [4.69, 9.17) is 0 Å². The van der Waals surface area contributed by atoms with Crippen molar-refractivity contribution >= 4 is 49.6 Å². The van der Waals surface area contributed by atoms with Crippen molar-refractivity contribution in [3.8, 4) is 50.2 Å². The van der Waals surface area contributed by atoms with Gasteiger partial charge in [0.05, 0.1) is 33.2 Å². The molecule has 12 aromatic carbocycles. The molecule has 2 heterocycles. The topological polar surface area (TPSA) is 8.17 Å². The van der Waals surface area contributed by atoms with E-state index in [1.54, 1.807) is 0 Å². The number of para-hydroxylation sites is 3. The second-order valence-corrected chi connectivity index (χ2v) is 20.6. The molecule has 0 amide bonds. The Hall–Kier alpha value is -9.50. The van der Waals surface area contributed by atoms with E-state index in [-0.39, 0.29) is 0 Å². The van der Waals surface area contributed by atoms with Crippen LogP contribution in [0.5, 0.6) is 0 Å². The summed E-state index contributed by atoms with van der Waals surface area (Å²) in [6, 6.07) is 101. The number of aromatic nitrogens is 1. The highest BCUT2D eigenvalue weighted by Crippen LogP contribution is 2.66. The molecule has 0 radical (unpaired) electrons. The minimum Gasteiger partial charge on any atom is -0.310 e. The van der Waals surface area contributed by atoms with E-state index in [2.05, 4.69) is 276 Å². The highest BCUT2D eigenvalue weighted by molar-refractivity contribution is 6.14. The Labute approximate surface area is 429 Å². The average molecular weight is 937 g/mol. The number of rotatable bonds is 4. The van der Waals surface area contributed by atoms with Gasteiger partial charge in [0.15, 0.2) is 0 Å². The largest absolute Gasteiger partial charge is 0.310 e. The Morgan fingerprint density at radius 3 is 1.51 bits per heavy atom. The lowest BCUT2D eigenvalue weighted by Crippen LogP contribution is -2.33. The predicted octanol–water partition coefficient (Wildman–Crippen LogP) is 18.1. The lowest BCUT2D eigenvalue weighted by Gasteiger charge is -2.40. The molecule has 4 aliphatic rings. The second-order valence-electron chi connectivity index (χ2n) is 20.6. The van der Waals surface area contributed by atoms with Gasteiger partial charge in [-0.15, -0.1) is 0 Å². The van der Waals surface area contributed by atoms with Gasteiger partial charge in [-0.2, -0.15) is 0 Å². The Morgan fingerprint density at radius 2 is 0.784 bits per heavy atom. The lowest BCUT2D eigenvalue weighted by atomic mass is 9.65. The molecule has 1 atom stereocenters. The molecule has 0 fully saturated rings. The number of hydrogen-bond acceptors (Lipinski definition) is 1. The molecule has 2 nitrogen and oxygen atoms in total. The third kappa shape index (κ3) is 4.86. The number of benzene rings is 12. The van der Waals surface area contributed by atoms with Gasteiger partial charge in [0.25, 0.3) is 0 Å². The first-order chi connectivity index (χ1) is 36.7. The van der Waals surface area contributed by atoms with Crippen molar-refractivity contribution in [3.05, 3.63) is 311 Å². The fourth-order valence-corrected chi connectivity index (χ4v) is 14.7. The van der Waals surface area contributed by atoms with Crippen LogP contribution in [0.25, 0.3) is 82.8 Å². The van der Waals surface area contributed by atoms with Crippen LogP contribution >= 0.6 is 0 Å². The molecule has 1 aliphatic heterocycles. The van der Waals surface area contributed by atoms with E-state index >= 15 is 0 Å². The number of nitrogens with zero attached hydrogens (tertiary/aromatic N) is 2. The van der Waals surface area contributed by atoms with Gasteiger partial charge in [-0.1, -0.05) is 224 Å². The smallest absolute Gasteiger partial charge is 0.0755 e. The van der Waals surface area contributed by atoms with Gasteiger partial charge in [0.2, 0.25) is 0 Å². The van der Waals surface area contributed by atoms with Crippen LogP contribution in [0.2, 0.25) is 0 Å². The summed E-state index contributed by atoms with van der Waals surface area (Å²) >= 11 is 0. The van der Waals surface area contributed by atoms with Crippen LogP contribution in [0.3, 0.4) is 0 Å². The minimum atomic E-state index is -0.608. The van der Waals surface area contributed by atoms with Gasteiger partial charge in [-0.05, 0) is 137 Å². The monoisotopic (exact) mass is 936 g/mol. The first kappa shape index (κ1) is 40.1. The highest BCUT2D eigenvalue weighted by Gasteiger charge is 2.53. The van der Waals surface area contributed by atoms with E-state index in [0.717, 1.165) is 17.1 Å². The summed E-state index contributed by atoms with van der Waals surface area (Å²) < 4.78 is 2.54. The predicted molar refractivity (Wildman–Crippen MR) is 306 cm³/mol. The fourth-order valence-electron chi connectivity index (χ4n) is 14.7. The van der Waals surface area contributed by atoms with Crippen molar-refractivity contribution < 1.29 is 0 Å². The van der Waals surface area contributed by atoms with Crippen LogP contribution in [0.1, 0.15) is 44.5 Å². The van der Waals surface area contributed by atoms with Gasteiger partial charge in [-0.3, -0.25) is 0 Å². The lowest BCUT2D eigenvalue weighted by molar-refractivity contribution is 0.748. The standard InChI is InChI=1S/C72H44N2/c1-2-20-45(21-3-1)46-22-18-23-47(42-46)73(68-44-65-69(55-29-5-4-27-53(55)68)57-30-9-14-35-61(57)71(65)58-32-11-6-24-49(58)50-25-7-12-33-59(50)71)48-40-41-52-51-26-8-13-34-60(51)72(64(52)43-48)62-36-15-17-39-67(62)74-66-38-16-10-28-54(66)56-31-19-37-63(72)70(56)74/h1-44H. The molecular weight excluding hydrogens is 893 g/mol. The van der Waals surface area contributed by atoms with Crippen molar-refractivity contribution in [2.24, 2.45) is 0 Å². The third-order valence-corrected chi connectivity index (χ3v) is 17.4. The summed E-state index contributed by atoms with van der Waals surface area (Å²) in [5.74, 6) is 0. The van der Waals surface area contributed by atoms with Gasteiger partial charge < -0.3 is 9.47 Å².